The highest BCUT2D eigenvalue weighted by atomic mass is 32.1. The summed E-state index contributed by atoms with van der Waals surface area (Å²) < 4.78 is 0. The van der Waals surface area contributed by atoms with E-state index in [9.17, 15) is 9.59 Å². The summed E-state index contributed by atoms with van der Waals surface area (Å²) in [5.41, 5.74) is 2.00. The van der Waals surface area contributed by atoms with Gasteiger partial charge in [0.05, 0.1) is 6.42 Å². The highest BCUT2D eigenvalue weighted by Gasteiger charge is 2.04. The molecule has 0 spiro atoms. The zero-order chi connectivity index (χ0) is 11.1. The summed E-state index contributed by atoms with van der Waals surface area (Å²) in [7, 11) is 0. The molecule has 0 aliphatic rings. The fourth-order valence-corrected chi connectivity index (χ4v) is 1.73. The lowest BCUT2D eigenvalue weighted by molar-refractivity contribution is -0.122. The van der Waals surface area contributed by atoms with Crippen molar-refractivity contribution in [3.05, 3.63) is 22.4 Å². The lowest BCUT2D eigenvalue weighted by atomic mass is 10.3. The maximum Gasteiger partial charge on any atom is 0.235 e. The van der Waals surface area contributed by atoms with Crippen LogP contribution in [-0.2, 0) is 16.0 Å². The van der Waals surface area contributed by atoms with E-state index in [4.69, 9.17) is 5.84 Å². The quantitative estimate of drug-likeness (QED) is 0.369. The Kier molecular flexibility index (Phi) is 4.79. The molecule has 0 atom stereocenters. The molecule has 0 radical (unpaired) electrons. The van der Waals surface area contributed by atoms with Crippen LogP contribution in [0.2, 0.25) is 0 Å². The number of hydrogen-bond donors (Lipinski definition) is 3. The van der Waals surface area contributed by atoms with Gasteiger partial charge in [0.25, 0.3) is 0 Å². The van der Waals surface area contributed by atoms with Gasteiger partial charge in [-0.2, -0.15) is 0 Å². The van der Waals surface area contributed by atoms with Crippen LogP contribution in [0.4, 0.5) is 0 Å². The van der Waals surface area contributed by atoms with Crippen molar-refractivity contribution < 1.29 is 9.59 Å². The number of hydrazine groups is 1. The van der Waals surface area contributed by atoms with Crippen LogP contribution in [0.15, 0.2) is 17.5 Å². The molecule has 5 nitrogen and oxygen atoms in total. The number of hydrogen-bond acceptors (Lipinski definition) is 4. The van der Waals surface area contributed by atoms with Crippen LogP contribution >= 0.6 is 11.3 Å². The van der Waals surface area contributed by atoms with E-state index in [2.05, 4.69) is 5.32 Å². The fourth-order valence-electron chi connectivity index (χ4n) is 1.02. The van der Waals surface area contributed by atoms with Crippen molar-refractivity contribution in [2.24, 2.45) is 5.84 Å². The molecule has 1 aromatic rings. The third-order valence-electron chi connectivity index (χ3n) is 1.75. The van der Waals surface area contributed by atoms with Gasteiger partial charge in [0.15, 0.2) is 0 Å². The van der Waals surface area contributed by atoms with Crippen molar-refractivity contribution in [3.63, 3.8) is 0 Å². The maximum absolute atomic E-state index is 11.3. The molecule has 1 aromatic heterocycles. The lowest BCUT2D eigenvalue weighted by Gasteiger charge is -2.03. The average molecular weight is 227 g/mol. The highest BCUT2D eigenvalue weighted by Crippen LogP contribution is 2.08. The van der Waals surface area contributed by atoms with Crippen molar-refractivity contribution in [2.45, 2.75) is 12.8 Å². The number of thiophene rings is 1. The Morgan fingerprint density at radius 3 is 2.80 bits per heavy atom. The van der Waals surface area contributed by atoms with Crippen molar-refractivity contribution in [1.82, 2.24) is 10.7 Å². The molecular formula is C9H13N3O2S. The van der Waals surface area contributed by atoms with Gasteiger partial charge in [0, 0.05) is 17.8 Å². The predicted octanol–water partition coefficient (Wildman–Crippen LogP) is -0.213. The molecule has 6 heteroatoms. The molecule has 0 unspecified atom stereocenters. The largest absolute Gasteiger partial charge is 0.355 e. The second kappa shape index (κ2) is 6.15. The normalized spacial score (nSPS) is 9.67. The van der Waals surface area contributed by atoms with Crippen molar-refractivity contribution >= 4 is 23.2 Å². The minimum atomic E-state index is -0.286. The summed E-state index contributed by atoms with van der Waals surface area (Å²) in [5.74, 6) is 4.52. The molecule has 4 N–H and O–H groups in total. The van der Waals surface area contributed by atoms with Gasteiger partial charge in [-0.3, -0.25) is 15.0 Å². The standard InChI is InChI=1S/C9H13N3O2S/c10-12-8(13)3-4-11-9(14)6-7-2-1-5-15-7/h1-2,5H,3-4,6,10H2,(H,11,14)(H,12,13). The third-order valence-corrected chi connectivity index (χ3v) is 2.63. The van der Waals surface area contributed by atoms with E-state index in [0.717, 1.165) is 4.88 Å². The molecule has 0 bridgehead atoms. The van der Waals surface area contributed by atoms with Gasteiger partial charge in [-0.15, -0.1) is 11.3 Å². The first kappa shape index (κ1) is 11.7. The molecule has 0 saturated carbocycles. The Hall–Kier alpha value is -1.40. The van der Waals surface area contributed by atoms with E-state index in [1.165, 1.54) is 11.3 Å². The summed E-state index contributed by atoms with van der Waals surface area (Å²) in [5, 5.41) is 4.56. The molecule has 0 fully saturated rings. The van der Waals surface area contributed by atoms with Crippen LogP contribution in [0.25, 0.3) is 0 Å². The fraction of sp³-hybridized carbons (Fsp3) is 0.333. The topological polar surface area (TPSA) is 84.2 Å². The molecule has 2 amide bonds. The number of amides is 2. The molecule has 0 aliphatic carbocycles. The predicted molar refractivity (Wildman–Crippen MR) is 58.0 cm³/mol. The number of nitrogens with one attached hydrogen (secondary N) is 2. The van der Waals surface area contributed by atoms with Gasteiger partial charge in [-0.05, 0) is 11.4 Å². The van der Waals surface area contributed by atoms with Crippen LogP contribution in [0.1, 0.15) is 11.3 Å². The summed E-state index contributed by atoms with van der Waals surface area (Å²) in [6.07, 6.45) is 0.564. The van der Waals surface area contributed by atoms with E-state index in [1.807, 2.05) is 22.9 Å². The van der Waals surface area contributed by atoms with Crippen molar-refractivity contribution in [3.8, 4) is 0 Å². The van der Waals surface area contributed by atoms with Crippen LogP contribution in [-0.4, -0.2) is 18.4 Å². The molecule has 0 aliphatic heterocycles. The smallest absolute Gasteiger partial charge is 0.235 e. The zero-order valence-corrected chi connectivity index (χ0v) is 8.97. The SMILES string of the molecule is NNC(=O)CCNC(=O)Cc1cccs1. The van der Waals surface area contributed by atoms with Crippen molar-refractivity contribution in [2.75, 3.05) is 6.54 Å². The Morgan fingerprint density at radius 2 is 2.20 bits per heavy atom. The van der Waals surface area contributed by atoms with Crippen LogP contribution in [0.3, 0.4) is 0 Å². The summed E-state index contributed by atoms with van der Waals surface area (Å²) >= 11 is 1.54. The summed E-state index contributed by atoms with van der Waals surface area (Å²) in [4.78, 5) is 23.0. The minimum absolute atomic E-state index is 0.0812. The molecule has 1 heterocycles. The van der Waals surface area contributed by atoms with E-state index in [0.29, 0.717) is 13.0 Å². The Labute approximate surface area is 91.6 Å². The van der Waals surface area contributed by atoms with Crippen LogP contribution in [0.5, 0.6) is 0 Å². The summed E-state index contributed by atoms with van der Waals surface area (Å²) in [6, 6.07) is 3.80. The number of carbonyl (C=O) groups excluding carboxylic acids is 2. The van der Waals surface area contributed by atoms with Crippen LogP contribution < -0.4 is 16.6 Å². The van der Waals surface area contributed by atoms with E-state index in [-0.39, 0.29) is 18.2 Å². The van der Waals surface area contributed by atoms with Crippen molar-refractivity contribution in [1.29, 1.82) is 0 Å². The molecular weight excluding hydrogens is 214 g/mol. The number of nitrogens with two attached hydrogens (primary N) is 1. The minimum Gasteiger partial charge on any atom is -0.355 e. The first-order chi connectivity index (χ1) is 7.22. The maximum atomic E-state index is 11.3. The van der Waals surface area contributed by atoms with E-state index >= 15 is 0 Å². The van der Waals surface area contributed by atoms with Gasteiger partial charge in [-0.25, -0.2) is 5.84 Å². The first-order valence-electron chi connectivity index (χ1n) is 4.51. The van der Waals surface area contributed by atoms with Gasteiger partial charge >= 0.3 is 0 Å². The Bertz CT molecular complexity index is 324. The molecule has 0 saturated heterocycles. The molecule has 0 aromatic carbocycles. The molecule has 15 heavy (non-hydrogen) atoms. The third kappa shape index (κ3) is 4.57. The molecule has 82 valence electrons. The van der Waals surface area contributed by atoms with Gasteiger partial charge < -0.3 is 5.32 Å². The number of rotatable bonds is 5. The van der Waals surface area contributed by atoms with E-state index in [1.54, 1.807) is 0 Å². The Balaban J connectivity index is 2.17. The average Bonchev–Trinajstić information content (AvgIpc) is 2.70. The lowest BCUT2D eigenvalue weighted by Crippen LogP contribution is -2.34. The monoisotopic (exact) mass is 227 g/mol. The van der Waals surface area contributed by atoms with Gasteiger partial charge in [0.2, 0.25) is 11.8 Å². The molecule has 1 rings (SSSR count). The highest BCUT2D eigenvalue weighted by molar-refractivity contribution is 7.10. The van der Waals surface area contributed by atoms with Gasteiger partial charge in [-0.1, -0.05) is 6.07 Å². The second-order valence-electron chi connectivity index (χ2n) is 2.92. The van der Waals surface area contributed by atoms with Crippen LogP contribution in [0, 0.1) is 0 Å². The first-order valence-corrected chi connectivity index (χ1v) is 5.39. The second-order valence-corrected chi connectivity index (χ2v) is 3.96. The van der Waals surface area contributed by atoms with Gasteiger partial charge in [0.1, 0.15) is 0 Å². The Morgan fingerprint density at radius 1 is 1.40 bits per heavy atom. The zero-order valence-electron chi connectivity index (χ0n) is 8.16. The van der Waals surface area contributed by atoms with E-state index < -0.39 is 0 Å². The number of carbonyl (C=O) groups is 2. The summed E-state index contributed by atoms with van der Waals surface area (Å²) in [6.45, 7) is 0.313.